The van der Waals surface area contributed by atoms with E-state index in [1.165, 1.54) is 10.4 Å². The molecule has 24 heavy (non-hydrogen) atoms. The summed E-state index contributed by atoms with van der Waals surface area (Å²) < 4.78 is 10.5. The summed E-state index contributed by atoms with van der Waals surface area (Å²) in [7, 11) is 3.17. The third-order valence-electron chi connectivity index (χ3n) is 4.42. The Morgan fingerprint density at radius 1 is 1.25 bits per heavy atom. The first kappa shape index (κ1) is 16.8. The van der Waals surface area contributed by atoms with Crippen molar-refractivity contribution in [2.75, 3.05) is 26.1 Å². The normalized spacial score (nSPS) is 15.5. The summed E-state index contributed by atoms with van der Waals surface area (Å²) in [5, 5.41) is 5.10. The fourth-order valence-corrected chi connectivity index (χ4v) is 3.82. The van der Waals surface area contributed by atoms with Crippen LogP contribution in [0.3, 0.4) is 0 Å². The molecule has 2 heterocycles. The number of thiophene rings is 1. The maximum absolute atomic E-state index is 12.6. The number of carbonyl (C=O) groups excluding carboxylic acids is 1. The minimum Gasteiger partial charge on any atom is -0.493 e. The maximum atomic E-state index is 12.6. The molecule has 0 saturated carbocycles. The first-order chi connectivity index (χ1) is 11.6. The highest BCUT2D eigenvalue weighted by atomic mass is 32.1. The molecular formula is C18H22N2O3S. The highest BCUT2D eigenvalue weighted by Crippen LogP contribution is 2.30. The first-order valence-corrected chi connectivity index (χ1v) is 8.82. The van der Waals surface area contributed by atoms with E-state index in [0.717, 1.165) is 19.5 Å². The van der Waals surface area contributed by atoms with Crippen molar-refractivity contribution in [2.24, 2.45) is 0 Å². The number of hydrogen-bond donors (Lipinski definition) is 1. The van der Waals surface area contributed by atoms with Gasteiger partial charge in [-0.05, 0) is 42.5 Å². The molecule has 3 rings (SSSR count). The van der Waals surface area contributed by atoms with E-state index in [9.17, 15) is 4.79 Å². The Bertz CT molecular complexity index is 729. The monoisotopic (exact) mass is 346 g/mol. The molecular weight excluding hydrogens is 324 g/mol. The minimum absolute atomic E-state index is 0.0131. The van der Waals surface area contributed by atoms with Crippen molar-refractivity contribution in [3.05, 3.63) is 40.1 Å². The maximum Gasteiger partial charge on any atom is 0.241 e. The van der Waals surface area contributed by atoms with Crippen LogP contribution in [0, 0.1) is 0 Å². The molecule has 1 aromatic heterocycles. The van der Waals surface area contributed by atoms with E-state index in [1.807, 2.05) is 13.0 Å². The van der Waals surface area contributed by atoms with Gasteiger partial charge in [0, 0.05) is 29.7 Å². The van der Waals surface area contributed by atoms with Crippen LogP contribution in [0.15, 0.2) is 29.6 Å². The summed E-state index contributed by atoms with van der Waals surface area (Å²) in [6.45, 7) is 3.70. The molecule has 0 bridgehead atoms. The number of carbonyl (C=O) groups is 1. The van der Waals surface area contributed by atoms with Gasteiger partial charge >= 0.3 is 0 Å². The van der Waals surface area contributed by atoms with E-state index in [2.05, 4.69) is 21.7 Å². The Hall–Kier alpha value is -2.05. The third kappa shape index (κ3) is 3.39. The van der Waals surface area contributed by atoms with Gasteiger partial charge in [-0.25, -0.2) is 0 Å². The topological polar surface area (TPSA) is 50.8 Å². The number of nitrogens with zero attached hydrogens (tertiary/aromatic N) is 1. The van der Waals surface area contributed by atoms with E-state index in [4.69, 9.17) is 9.47 Å². The van der Waals surface area contributed by atoms with Crippen molar-refractivity contribution in [3.63, 3.8) is 0 Å². The summed E-state index contributed by atoms with van der Waals surface area (Å²) in [6.07, 6.45) is 1.01. The van der Waals surface area contributed by atoms with Gasteiger partial charge in [-0.1, -0.05) is 0 Å². The predicted molar refractivity (Wildman–Crippen MR) is 96.1 cm³/mol. The van der Waals surface area contributed by atoms with Gasteiger partial charge in [0.25, 0.3) is 0 Å². The Morgan fingerprint density at radius 3 is 2.79 bits per heavy atom. The molecule has 0 saturated heterocycles. The molecule has 1 N–H and O–H groups in total. The standard InChI is InChI=1S/C18H22N2O3S/c1-12(20-8-6-17-13(11-20)7-9-24-17)18(21)19-14-4-5-15(22-2)16(10-14)23-3/h4-5,7,9-10,12H,6,8,11H2,1-3H3,(H,19,21)/t12-/m0/s1. The number of ether oxygens (including phenoxy) is 2. The van der Waals surface area contributed by atoms with Crippen LogP contribution in [0.5, 0.6) is 11.5 Å². The molecule has 1 atom stereocenters. The van der Waals surface area contributed by atoms with E-state index < -0.39 is 0 Å². The van der Waals surface area contributed by atoms with E-state index in [-0.39, 0.29) is 11.9 Å². The van der Waals surface area contributed by atoms with Gasteiger partial charge in [0.2, 0.25) is 5.91 Å². The van der Waals surface area contributed by atoms with Crippen molar-refractivity contribution in [1.82, 2.24) is 4.90 Å². The Balaban J connectivity index is 1.66. The zero-order valence-electron chi connectivity index (χ0n) is 14.2. The SMILES string of the molecule is COc1ccc(NC(=O)[C@H](C)N2CCc3sccc3C2)cc1OC. The molecule has 128 valence electrons. The summed E-state index contributed by atoms with van der Waals surface area (Å²) >= 11 is 1.80. The summed E-state index contributed by atoms with van der Waals surface area (Å²) in [5.74, 6) is 1.23. The van der Waals surface area contributed by atoms with Crippen molar-refractivity contribution in [1.29, 1.82) is 0 Å². The van der Waals surface area contributed by atoms with Crippen LogP contribution < -0.4 is 14.8 Å². The molecule has 1 aliphatic heterocycles. The molecule has 0 aliphatic carbocycles. The summed E-state index contributed by atoms with van der Waals surface area (Å²) in [4.78, 5) is 16.3. The van der Waals surface area contributed by atoms with Gasteiger partial charge in [-0.3, -0.25) is 9.69 Å². The average Bonchev–Trinajstić information content (AvgIpc) is 3.08. The van der Waals surface area contributed by atoms with Crippen LogP contribution in [0.4, 0.5) is 5.69 Å². The van der Waals surface area contributed by atoms with Gasteiger partial charge < -0.3 is 14.8 Å². The number of hydrogen-bond acceptors (Lipinski definition) is 5. The Labute approximate surface area is 146 Å². The Morgan fingerprint density at radius 2 is 2.04 bits per heavy atom. The van der Waals surface area contributed by atoms with E-state index in [0.29, 0.717) is 17.2 Å². The first-order valence-electron chi connectivity index (χ1n) is 7.94. The summed E-state index contributed by atoms with van der Waals surface area (Å²) in [5.41, 5.74) is 2.05. The third-order valence-corrected chi connectivity index (χ3v) is 5.44. The zero-order chi connectivity index (χ0) is 17.1. The van der Waals surface area contributed by atoms with Gasteiger partial charge in [-0.15, -0.1) is 11.3 Å². The van der Waals surface area contributed by atoms with Crippen molar-refractivity contribution in [3.8, 4) is 11.5 Å². The molecule has 1 amide bonds. The highest BCUT2D eigenvalue weighted by Gasteiger charge is 2.26. The quantitative estimate of drug-likeness (QED) is 0.904. The van der Waals surface area contributed by atoms with Crippen LogP contribution in [0.2, 0.25) is 0 Å². The van der Waals surface area contributed by atoms with Gasteiger partial charge in [0.15, 0.2) is 11.5 Å². The van der Waals surface area contributed by atoms with Crippen molar-refractivity contribution in [2.45, 2.75) is 25.9 Å². The number of anilines is 1. The largest absolute Gasteiger partial charge is 0.493 e. The van der Waals surface area contributed by atoms with Crippen LogP contribution in [0.25, 0.3) is 0 Å². The average molecular weight is 346 g/mol. The molecule has 1 aliphatic rings. The lowest BCUT2D eigenvalue weighted by Crippen LogP contribution is -2.44. The van der Waals surface area contributed by atoms with E-state index >= 15 is 0 Å². The van der Waals surface area contributed by atoms with Gasteiger partial charge in [-0.2, -0.15) is 0 Å². The predicted octanol–water partition coefficient (Wildman–Crippen LogP) is 3.15. The number of amides is 1. The number of methoxy groups -OCH3 is 2. The lowest BCUT2D eigenvalue weighted by Gasteiger charge is -2.31. The lowest BCUT2D eigenvalue weighted by molar-refractivity contribution is -0.121. The summed E-state index contributed by atoms with van der Waals surface area (Å²) in [6, 6.07) is 7.35. The number of fused-ring (bicyclic) bond motifs is 1. The van der Waals surface area contributed by atoms with Gasteiger partial charge in [0.1, 0.15) is 0 Å². The fourth-order valence-electron chi connectivity index (χ4n) is 2.93. The minimum atomic E-state index is -0.189. The molecule has 0 unspecified atom stereocenters. The van der Waals surface area contributed by atoms with Crippen molar-refractivity contribution >= 4 is 22.9 Å². The molecule has 1 aromatic carbocycles. The van der Waals surface area contributed by atoms with Crippen molar-refractivity contribution < 1.29 is 14.3 Å². The number of rotatable bonds is 5. The Kier molecular flexibility index (Phi) is 5.06. The number of nitrogens with one attached hydrogen (secondary N) is 1. The second kappa shape index (κ2) is 7.23. The molecule has 6 heteroatoms. The second-order valence-corrected chi connectivity index (χ2v) is 6.83. The van der Waals surface area contributed by atoms with Crippen LogP contribution in [-0.2, 0) is 17.8 Å². The lowest BCUT2D eigenvalue weighted by atomic mass is 10.1. The molecule has 2 aromatic rings. The van der Waals surface area contributed by atoms with Crippen LogP contribution in [0.1, 0.15) is 17.4 Å². The second-order valence-electron chi connectivity index (χ2n) is 5.82. The molecule has 0 spiro atoms. The van der Waals surface area contributed by atoms with Crippen LogP contribution in [-0.4, -0.2) is 37.6 Å². The zero-order valence-corrected chi connectivity index (χ0v) is 15.0. The molecule has 0 fully saturated rings. The van der Waals surface area contributed by atoms with Gasteiger partial charge in [0.05, 0.1) is 20.3 Å². The molecule has 0 radical (unpaired) electrons. The van der Waals surface area contributed by atoms with Crippen LogP contribution >= 0.6 is 11.3 Å². The molecule has 5 nitrogen and oxygen atoms in total. The fraction of sp³-hybridized carbons (Fsp3) is 0.389. The smallest absolute Gasteiger partial charge is 0.241 e. The number of benzene rings is 1. The van der Waals surface area contributed by atoms with E-state index in [1.54, 1.807) is 37.7 Å². The highest BCUT2D eigenvalue weighted by molar-refractivity contribution is 7.10.